The van der Waals surface area contributed by atoms with Crippen LogP contribution >= 0.6 is 0 Å². The van der Waals surface area contributed by atoms with Crippen LogP contribution in [0.15, 0.2) is 29.2 Å². The normalized spacial score (nSPS) is 17.7. The highest BCUT2D eigenvalue weighted by Crippen LogP contribution is 2.28. The zero-order valence-corrected chi connectivity index (χ0v) is 15.7. The van der Waals surface area contributed by atoms with Crippen LogP contribution in [0, 0.1) is 13.8 Å². The summed E-state index contributed by atoms with van der Waals surface area (Å²) in [5, 5.41) is 6.92. The molecule has 6 nitrogen and oxygen atoms in total. The van der Waals surface area contributed by atoms with Crippen LogP contribution in [0.4, 0.5) is 13.2 Å². The molecule has 10 heteroatoms. The summed E-state index contributed by atoms with van der Waals surface area (Å²) in [7, 11) is 0. The fraction of sp³-hybridized carbons (Fsp3) is 0.471. The van der Waals surface area contributed by atoms with Gasteiger partial charge in [0.1, 0.15) is 23.3 Å². The summed E-state index contributed by atoms with van der Waals surface area (Å²) in [6, 6.07) is 5.34. The van der Waals surface area contributed by atoms with E-state index < -0.39 is 17.7 Å². The van der Waals surface area contributed by atoms with Crippen molar-refractivity contribution in [3.63, 3.8) is 0 Å². The number of nitrogens with zero attached hydrogens (tertiary/aromatic N) is 2. The molecule has 0 aliphatic carbocycles. The molecule has 1 N–H and O–H groups in total. The Morgan fingerprint density at radius 1 is 1.15 bits per heavy atom. The topological polar surface area (TPSA) is 73.4 Å². The maximum atomic E-state index is 12.7. The molecular weight excluding hydrogens is 383 g/mol. The predicted octanol–water partition coefficient (Wildman–Crippen LogP) is 3.49. The SMILES string of the molecule is Cc1n[nH]c(C)c1[S+]([O-])N1CCC(Oc2ccc(OC(F)(F)F)cc2)CC1. The number of rotatable bonds is 5. The molecule has 1 fully saturated rings. The van der Waals surface area contributed by atoms with Crippen molar-refractivity contribution in [2.75, 3.05) is 13.1 Å². The highest BCUT2D eigenvalue weighted by molar-refractivity contribution is 7.89. The van der Waals surface area contributed by atoms with Gasteiger partial charge in [-0.2, -0.15) is 5.10 Å². The second kappa shape index (κ2) is 7.99. The van der Waals surface area contributed by atoms with Crippen LogP contribution in [0.5, 0.6) is 11.5 Å². The smallest absolute Gasteiger partial charge is 0.573 e. The summed E-state index contributed by atoms with van der Waals surface area (Å²) in [6.45, 7) is 4.85. The molecule has 148 valence electrons. The first-order valence-corrected chi connectivity index (χ1v) is 9.54. The lowest BCUT2D eigenvalue weighted by atomic mass is 10.1. The molecule has 0 amide bonds. The van der Waals surface area contributed by atoms with Gasteiger partial charge in [-0.25, -0.2) is 0 Å². The molecule has 0 saturated carbocycles. The molecule has 2 aromatic rings. The largest absolute Gasteiger partial charge is 0.593 e. The third kappa shape index (κ3) is 5.08. The molecule has 1 aromatic heterocycles. The molecule has 1 aliphatic rings. The molecule has 27 heavy (non-hydrogen) atoms. The highest BCUT2D eigenvalue weighted by Gasteiger charge is 2.33. The van der Waals surface area contributed by atoms with E-state index in [0.29, 0.717) is 31.7 Å². The van der Waals surface area contributed by atoms with Gasteiger partial charge in [0.2, 0.25) is 4.90 Å². The lowest BCUT2D eigenvalue weighted by molar-refractivity contribution is -0.274. The number of aromatic nitrogens is 2. The summed E-state index contributed by atoms with van der Waals surface area (Å²) in [5.74, 6) is 0.191. The fourth-order valence-electron chi connectivity index (χ4n) is 2.96. The third-order valence-corrected chi connectivity index (χ3v) is 6.02. The van der Waals surface area contributed by atoms with Crippen LogP contribution in [0.1, 0.15) is 24.2 Å². The molecule has 0 radical (unpaired) electrons. The van der Waals surface area contributed by atoms with Gasteiger partial charge < -0.3 is 14.0 Å². The van der Waals surface area contributed by atoms with Crippen molar-refractivity contribution in [1.29, 1.82) is 0 Å². The number of hydrogen-bond acceptors (Lipinski definition) is 5. The number of halogens is 3. The zero-order chi connectivity index (χ0) is 19.6. The maximum Gasteiger partial charge on any atom is 0.573 e. The molecule has 1 unspecified atom stereocenters. The summed E-state index contributed by atoms with van der Waals surface area (Å²) in [4.78, 5) is 0.717. The Bertz CT molecular complexity index is 740. The van der Waals surface area contributed by atoms with Crippen molar-refractivity contribution in [1.82, 2.24) is 14.5 Å². The number of alkyl halides is 3. The maximum absolute atomic E-state index is 12.7. The molecule has 3 rings (SSSR count). The van der Waals surface area contributed by atoms with Gasteiger partial charge >= 0.3 is 6.36 Å². The average Bonchev–Trinajstić information content (AvgIpc) is 2.94. The van der Waals surface area contributed by atoms with Gasteiger partial charge in [0, 0.05) is 25.9 Å². The van der Waals surface area contributed by atoms with E-state index in [2.05, 4.69) is 14.9 Å². The molecule has 1 saturated heterocycles. The minimum absolute atomic E-state index is 0.0841. The van der Waals surface area contributed by atoms with E-state index >= 15 is 0 Å². The number of hydrogen-bond donors (Lipinski definition) is 1. The van der Waals surface area contributed by atoms with E-state index in [-0.39, 0.29) is 11.9 Å². The molecule has 1 aromatic carbocycles. The van der Waals surface area contributed by atoms with Crippen LogP contribution in [0.25, 0.3) is 0 Å². The molecule has 0 spiro atoms. The number of nitrogens with one attached hydrogen (secondary N) is 1. The number of H-pyrrole nitrogens is 1. The molecular formula is C17H20F3N3O3S. The van der Waals surface area contributed by atoms with E-state index in [1.54, 1.807) is 0 Å². The highest BCUT2D eigenvalue weighted by atomic mass is 32.2. The van der Waals surface area contributed by atoms with Crippen LogP contribution < -0.4 is 9.47 Å². The third-order valence-electron chi connectivity index (χ3n) is 4.23. The summed E-state index contributed by atoms with van der Waals surface area (Å²) < 4.78 is 60.8. The van der Waals surface area contributed by atoms with Crippen molar-refractivity contribution < 1.29 is 27.2 Å². The zero-order valence-electron chi connectivity index (χ0n) is 14.9. The Kier molecular flexibility index (Phi) is 5.87. The van der Waals surface area contributed by atoms with Crippen LogP contribution in [0.2, 0.25) is 0 Å². The quantitative estimate of drug-likeness (QED) is 0.774. The van der Waals surface area contributed by atoms with Crippen molar-refractivity contribution in [3.05, 3.63) is 35.7 Å². The van der Waals surface area contributed by atoms with Crippen molar-refractivity contribution in [2.24, 2.45) is 0 Å². The minimum atomic E-state index is -4.71. The first kappa shape index (κ1) is 19.8. The second-order valence-electron chi connectivity index (χ2n) is 6.28. The van der Waals surface area contributed by atoms with E-state index in [4.69, 9.17) is 4.74 Å². The second-order valence-corrected chi connectivity index (χ2v) is 7.70. The van der Waals surface area contributed by atoms with E-state index in [0.717, 1.165) is 16.3 Å². The molecule has 0 bridgehead atoms. The van der Waals surface area contributed by atoms with Crippen molar-refractivity contribution >= 4 is 11.4 Å². The van der Waals surface area contributed by atoms with Crippen LogP contribution in [-0.4, -0.2) is 44.6 Å². The lowest BCUT2D eigenvalue weighted by Crippen LogP contribution is -2.42. The molecule has 1 aliphatic heterocycles. The Morgan fingerprint density at radius 3 is 2.26 bits per heavy atom. The lowest BCUT2D eigenvalue weighted by Gasteiger charge is -2.31. The van der Waals surface area contributed by atoms with E-state index in [1.807, 2.05) is 18.2 Å². The van der Waals surface area contributed by atoms with Gasteiger partial charge in [-0.1, -0.05) is 0 Å². The van der Waals surface area contributed by atoms with Crippen LogP contribution in [-0.2, 0) is 11.4 Å². The van der Waals surface area contributed by atoms with E-state index in [1.165, 1.54) is 24.3 Å². The monoisotopic (exact) mass is 403 g/mol. The summed E-state index contributed by atoms with van der Waals surface area (Å²) >= 11 is -1.28. The van der Waals surface area contributed by atoms with Gasteiger partial charge in [0.15, 0.2) is 0 Å². The van der Waals surface area contributed by atoms with Gasteiger partial charge in [0.25, 0.3) is 0 Å². The molecule has 1 atom stereocenters. The number of aryl methyl sites for hydroxylation is 2. The number of ether oxygens (including phenoxy) is 2. The molecule has 2 heterocycles. The predicted molar refractivity (Wildman–Crippen MR) is 92.8 cm³/mol. The number of piperidine rings is 1. The Hall–Kier alpha value is -1.91. The van der Waals surface area contributed by atoms with Gasteiger partial charge in [-0.05, 0) is 38.1 Å². The average molecular weight is 403 g/mol. The summed E-state index contributed by atoms with van der Waals surface area (Å²) in [5.41, 5.74) is 1.52. The van der Waals surface area contributed by atoms with Gasteiger partial charge in [-0.15, -0.1) is 17.5 Å². The Labute approximate surface area is 158 Å². The minimum Gasteiger partial charge on any atom is -0.593 e. The van der Waals surface area contributed by atoms with Gasteiger partial charge in [-0.3, -0.25) is 5.10 Å². The van der Waals surface area contributed by atoms with Crippen molar-refractivity contribution in [3.8, 4) is 11.5 Å². The van der Waals surface area contributed by atoms with Gasteiger partial charge in [0.05, 0.1) is 17.1 Å². The fourth-order valence-corrected chi connectivity index (χ4v) is 4.36. The first-order chi connectivity index (χ1) is 12.7. The van der Waals surface area contributed by atoms with Crippen molar-refractivity contribution in [2.45, 2.75) is 44.1 Å². The standard InChI is InChI=1S/C17H20F3N3O3S/c1-11-16(12(2)22-21-11)27(24)23-9-7-14(8-10-23)25-13-3-5-15(6-4-13)26-17(18,19)20/h3-6,14H,7-10H2,1-2H3,(H,21,22). The Morgan fingerprint density at radius 2 is 1.74 bits per heavy atom. The Balaban J connectivity index is 1.52. The van der Waals surface area contributed by atoms with Crippen LogP contribution in [0.3, 0.4) is 0 Å². The number of benzene rings is 1. The number of aromatic amines is 1. The summed E-state index contributed by atoms with van der Waals surface area (Å²) in [6.07, 6.45) is -3.46. The van der Waals surface area contributed by atoms with E-state index in [9.17, 15) is 17.7 Å². The first-order valence-electron chi connectivity index (χ1n) is 8.44.